The highest BCUT2D eigenvalue weighted by molar-refractivity contribution is 6.30. The average molecular weight is 465 g/mol. The van der Waals surface area contributed by atoms with E-state index in [-0.39, 0.29) is 11.9 Å². The summed E-state index contributed by atoms with van der Waals surface area (Å²) in [6.45, 7) is 11.9. The minimum absolute atomic E-state index is 0.0210. The van der Waals surface area contributed by atoms with Crippen LogP contribution in [0.2, 0.25) is 5.02 Å². The quantitative estimate of drug-likeness (QED) is 0.453. The highest BCUT2D eigenvalue weighted by Crippen LogP contribution is 2.28. The van der Waals surface area contributed by atoms with Gasteiger partial charge in [0.25, 0.3) is 5.91 Å². The first-order valence-electron chi connectivity index (χ1n) is 11.8. The molecule has 0 bridgehead atoms. The summed E-state index contributed by atoms with van der Waals surface area (Å²) in [5.74, 6) is -0.0210. The maximum atomic E-state index is 13.4. The molecule has 0 saturated carbocycles. The molecule has 0 N–H and O–H groups in total. The van der Waals surface area contributed by atoms with Crippen molar-refractivity contribution < 1.29 is 4.79 Å². The van der Waals surface area contributed by atoms with Gasteiger partial charge in [0.2, 0.25) is 0 Å². The molecule has 1 aliphatic rings. The summed E-state index contributed by atoms with van der Waals surface area (Å²) in [7, 11) is 0. The molecule has 1 amide bonds. The molecule has 0 atom stereocenters. The molecule has 0 saturated heterocycles. The smallest absolute Gasteiger partial charge is 0.254 e. The molecule has 174 valence electrons. The van der Waals surface area contributed by atoms with Gasteiger partial charge in [-0.2, -0.15) is 5.10 Å². The highest BCUT2D eigenvalue weighted by Gasteiger charge is 2.28. The monoisotopic (exact) mass is 464 g/mol. The summed E-state index contributed by atoms with van der Waals surface area (Å²) in [5, 5.41) is 5.64. The standard InChI is InChI=1S/C27H33ClN4O/c1-5-14-30-15-13-26-24(17-30)25(29-32(26)23-11-9-20(4)10-12-23)18-31(19(2)3)27(33)21-7-6-8-22(28)16-21/h6-12,16,19H,5,13-15,17-18H2,1-4H3. The fraction of sp³-hybridized carbons (Fsp3) is 0.407. The molecule has 2 heterocycles. The van der Waals surface area contributed by atoms with Crippen molar-refractivity contribution in [2.45, 2.75) is 59.7 Å². The number of carbonyl (C=O) groups excluding carboxylic acids is 1. The second kappa shape index (κ2) is 10.1. The zero-order chi connectivity index (χ0) is 23.5. The Kier molecular flexibility index (Phi) is 7.20. The van der Waals surface area contributed by atoms with Crippen molar-refractivity contribution in [3.8, 4) is 5.69 Å². The van der Waals surface area contributed by atoms with Crippen LogP contribution in [0.4, 0.5) is 0 Å². The van der Waals surface area contributed by atoms with Crippen LogP contribution >= 0.6 is 11.6 Å². The van der Waals surface area contributed by atoms with Gasteiger partial charge in [0, 0.05) is 41.7 Å². The molecule has 3 aromatic rings. The SMILES string of the molecule is CCCN1CCc2c(c(CN(C(=O)c3cccc(Cl)c3)C(C)C)nn2-c2ccc(C)cc2)C1. The Morgan fingerprint density at radius 1 is 1.18 bits per heavy atom. The summed E-state index contributed by atoms with van der Waals surface area (Å²) in [5.41, 5.74) is 6.42. The van der Waals surface area contributed by atoms with Gasteiger partial charge in [-0.15, -0.1) is 0 Å². The molecule has 6 heteroatoms. The first-order chi connectivity index (χ1) is 15.9. The Morgan fingerprint density at radius 2 is 1.94 bits per heavy atom. The Labute approximate surface area is 202 Å². The molecule has 1 aliphatic heterocycles. The molecule has 5 nitrogen and oxygen atoms in total. The van der Waals surface area contributed by atoms with Crippen molar-refractivity contribution in [1.29, 1.82) is 0 Å². The third kappa shape index (κ3) is 5.15. The number of hydrogen-bond donors (Lipinski definition) is 0. The highest BCUT2D eigenvalue weighted by atomic mass is 35.5. The normalized spacial score (nSPS) is 13.9. The molecule has 0 radical (unpaired) electrons. The first kappa shape index (κ1) is 23.5. The summed E-state index contributed by atoms with van der Waals surface area (Å²) in [4.78, 5) is 17.8. The number of benzene rings is 2. The lowest BCUT2D eigenvalue weighted by atomic mass is 10.0. The van der Waals surface area contributed by atoms with Gasteiger partial charge < -0.3 is 4.90 Å². The van der Waals surface area contributed by atoms with E-state index in [0.29, 0.717) is 17.1 Å². The summed E-state index contributed by atoms with van der Waals surface area (Å²) < 4.78 is 2.09. The molecule has 0 unspecified atom stereocenters. The Hall–Kier alpha value is -2.63. The van der Waals surface area contributed by atoms with Crippen LogP contribution in [0.25, 0.3) is 5.69 Å². The van der Waals surface area contributed by atoms with Crippen LogP contribution in [-0.4, -0.2) is 44.6 Å². The number of halogens is 1. The molecule has 4 rings (SSSR count). The van der Waals surface area contributed by atoms with Crippen molar-refractivity contribution in [2.75, 3.05) is 13.1 Å². The third-order valence-electron chi connectivity index (χ3n) is 6.31. The summed E-state index contributed by atoms with van der Waals surface area (Å²) in [6, 6.07) is 15.7. The van der Waals surface area contributed by atoms with Crippen molar-refractivity contribution in [3.05, 3.63) is 81.6 Å². The van der Waals surface area contributed by atoms with Gasteiger partial charge in [0.15, 0.2) is 0 Å². The van der Waals surface area contributed by atoms with E-state index in [1.165, 1.54) is 16.8 Å². The van der Waals surface area contributed by atoms with E-state index in [0.717, 1.165) is 43.9 Å². The van der Waals surface area contributed by atoms with E-state index in [2.05, 4.69) is 61.5 Å². The third-order valence-corrected chi connectivity index (χ3v) is 6.55. The number of fused-ring (bicyclic) bond motifs is 1. The number of amides is 1. The maximum Gasteiger partial charge on any atom is 0.254 e. The van der Waals surface area contributed by atoms with E-state index in [4.69, 9.17) is 16.7 Å². The molecule has 2 aromatic carbocycles. The van der Waals surface area contributed by atoms with Crippen LogP contribution in [-0.2, 0) is 19.5 Å². The van der Waals surface area contributed by atoms with Crippen LogP contribution in [0.3, 0.4) is 0 Å². The Bertz CT molecular complexity index is 1120. The van der Waals surface area contributed by atoms with Crippen LogP contribution in [0.15, 0.2) is 48.5 Å². The van der Waals surface area contributed by atoms with Gasteiger partial charge >= 0.3 is 0 Å². The zero-order valence-electron chi connectivity index (χ0n) is 20.0. The Morgan fingerprint density at radius 3 is 2.61 bits per heavy atom. The lowest BCUT2D eigenvalue weighted by Gasteiger charge is -2.29. The second-order valence-corrected chi connectivity index (χ2v) is 9.62. The van der Waals surface area contributed by atoms with E-state index in [1.807, 2.05) is 17.0 Å². The number of rotatable bonds is 7. The predicted molar refractivity (Wildman–Crippen MR) is 134 cm³/mol. The zero-order valence-corrected chi connectivity index (χ0v) is 20.8. The van der Waals surface area contributed by atoms with Crippen molar-refractivity contribution in [1.82, 2.24) is 19.6 Å². The molecule has 33 heavy (non-hydrogen) atoms. The minimum Gasteiger partial charge on any atom is -0.330 e. The number of nitrogens with zero attached hydrogens (tertiary/aromatic N) is 4. The molecule has 0 spiro atoms. The molecule has 1 aromatic heterocycles. The molecular formula is C27H33ClN4O. The lowest BCUT2D eigenvalue weighted by molar-refractivity contribution is 0.0686. The second-order valence-electron chi connectivity index (χ2n) is 9.18. The largest absolute Gasteiger partial charge is 0.330 e. The van der Waals surface area contributed by atoms with Crippen LogP contribution in [0, 0.1) is 6.92 Å². The summed E-state index contributed by atoms with van der Waals surface area (Å²) >= 11 is 6.16. The van der Waals surface area contributed by atoms with Crippen molar-refractivity contribution >= 4 is 17.5 Å². The first-order valence-corrected chi connectivity index (χ1v) is 12.2. The fourth-order valence-electron chi connectivity index (χ4n) is 4.51. The van der Waals surface area contributed by atoms with Crippen molar-refractivity contribution in [2.24, 2.45) is 0 Å². The fourth-order valence-corrected chi connectivity index (χ4v) is 4.70. The van der Waals surface area contributed by atoms with Gasteiger partial charge in [-0.1, -0.05) is 42.3 Å². The number of hydrogen-bond acceptors (Lipinski definition) is 3. The van der Waals surface area contributed by atoms with E-state index in [9.17, 15) is 4.79 Å². The van der Waals surface area contributed by atoms with Gasteiger partial charge in [-0.05, 0) is 64.1 Å². The van der Waals surface area contributed by atoms with E-state index in [1.54, 1.807) is 12.1 Å². The van der Waals surface area contributed by atoms with Crippen LogP contribution in [0.5, 0.6) is 0 Å². The maximum absolute atomic E-state index is 13.4. The Balaban J connectivity index is 1.72. The van der Waals surface area contributed by atoms with Crippen LogP contribution in [0.1, 0.15) is 60.1 Å². The number of aryl methyl sites for hydroxylation is 1. The van der Waals surface area contributed by atoms with Gasteiger partial charge in [0.05, 0.1) is 23.6 Å². The van der Waals surface area contributed by atoms with Gasteiger partial charge in [0.1, 0.15) is 0 Å². The lowest BCUT2D eigenvalue weighted by Crippen LogP contribution is -2.37. The molecule has 0 aliphatic carbocycles. The van der Waals surface area contributed by atoms with Crippen LogP contribution < -0.4 is 0 Å². The van der Waals surface area contributed by atoms with E-state index < -0.39 is 0 Å². The number of carbonyl (C=O) groups is 1. The average Bonchev–Trinajstić information content (AvgIpc) is 3.15. The predicted octanol–water partition coefficient (Wildman–Crippen LogP) is 5.65. The van der Waals surface area contributed by atoms with Crippen molar-refractivity contribution in [3.63, 3.8) is 0 Å². The van der Waals surface area contributed by atoms with Gasteiger partial charge in [-0.25, -0.2) is 4.68 Å². The number of aromatic nitrogens is 2. The van der Waals surface area contributed by atoms with Gasteiger partial charge in [-0.3, -0.25) is 9.69 Å². The molecular weight excluding hydrogens is 432 g/mol. The summed E-state index contributed by atoms with van der Waals surface area (Å²) in [6.07, 6.45) is 2.09. The minimum atomic E-state index is -0.0210. The molecule has 0 fully saturated rings. The van der Waals surface area contributed by atoms with E-state index >= 15 is 0 Å². The topological polar surface area (TPSA) is 41.4 Å².